The van der Waals surface area contributed by atoms with E-state index in [0.717, 1.165) is 4.90 Å². The molecule has 0 aliphatic carbocycles. The minimum absolute atomic E-state index is 0.0522. The van der Waals surface area contributed by atoms with E-state index in [4.69, 9.17) is 11.6 Å². The van der Waals surface area contributed by atoms with Crippen molar-refractivity contribution in [2.45, 2.75) is 12.7 Å². The van der Waals surface area contributed by atoms with E-state index in [-0.39, 0.29) is 24.5 Å². The maximum Gasteiger partial charge on any atom is 0.401 e. The van der Waals surface area contributed by atoms with Gasteiger partial charge in [-0.15, -0.1) is 11.6 Å². The Balaban J connectivity index is 2.76. The average Bonchev–Trinajstić information content (AvgIpc) is 2.20. The topological polar surface area (TPSA) is 3.24 Å². The van der Waals surface area contributed by atoms with Crippen LogP contribution in [0.3, 0.4) is 0 Å². The quantitative estimate of drug-likeness (QED) is 0.570. The van der Waals surface area contributed by atoms with E-state index in [1.165, 1.54) is 12.1 Å². The zero-order chi connectivity index (χ0) is 13.8. The van der Waals surface area contributed by atoms with Crippen molar-refractivity contribution < 1.29 is 17.6 Å². The predicted octanol–water partition coefficient (Wildman–Crippen LogP) is 4.19. The summed E-state index contributed by atoms with van der Waals surface area (Å²) in [7, 11) is 0. The van der Waals surface area contributed by atoms with Crippen LogP contribution >= 0.6 is 27.5 Å². The molecule has 18 heavy (non-hydrogen) atoms. The molecule has 0 radical (unpaired) electrons. The molecule has 0 N–H and O–H groups in total. The third kappa shape index (κ3) is 5.54. The van der Waals surface area contributed by atoms with Crippen LogP contribution in [0.15, 0.2) is 22.7 Å². The molecule has 0 aliphatic heterocycles. The highest BCUT2D eigenvalue weighted by atomic mass is 79.9. The van der Waals surface area contributed by atoms with Gasteiger partial charge in [-0.3, -0.25) is 4.90 Å². The van der Waals surface area contributed by atoms with Gasteiger partial charge < -0.3 is 0 Å². The molecular formula is C11H11BrClF4N. The van der Waals surface area contributed by atoms with Crippen molar-refractivity contribution in [3.63, 3.8) is 0 Å². The van der Waals surface area contributed by atoms with E-state index in [9.17, 15) is 17.6 Å². The zero-order valence-electron chi connectivity index (χ0n) is 9.28. The van der Waals surface area contributed by atoms with Gasteiger partial charge in [-0.1, -0.05) is 22.0 Å². The van der Waals surface area contributed by atoms with Crippen LogP contribution in [-0.4, -0.2) is 30.0 Å². The fourth-order valence-corrected chi connectivity index (χ4v) is 2.05. The SMILES string of the molecule is Fc1cc(Br)ccc1CN(CCCl)CC(F)(F)F. The van der Waals surface area contributed by atoms with Crippen molar-refractivity contribution >= 4 is 27.5 Å². The number of rotatable bonds is 5. The molecule has 1 nitrogen and oxygen atoms in total. The average molecular weight is 349 g/mol. The number of halogens is 6. The number of alkyl halides is 4. The highest BCUT2D eigenvalue weighted by molar-refractivity contribution is 9.10. The lowest BCUT2D eigenvalue weighted by Gasteiger charge is -2.22. The molecule has 1 aromatic carbocycles. The fourth-order valence-electron chi connectivity index (χ4n) is 1.48. The van der Waals surface area contributed by atoms with Crippen molar-refractivity contribution in [1.82, 2.24) is 4.90 Å². The number of hydrogen-bond acceptors (Lipinski definition) is 1. The van der Waals surface area contributed by atoms with E-state index in [1.54, 1.807) is 6.07 Å². The maximum absolute atomic E-state index is 13.5. The van der Waals surface area contributed by atoms with Gasteiger partial charge in [0.15, 0.2) is 0 Å². The molecule has 0 aromatic heterocycles. The summed E-state index contributed by atoms with van der Waals surface area (Å²) in [4.78, 5) is 1.07. The maximum atomic E-state index is 13.5. The van der Waals surface area contributed by atoms with Crippen molar-refractivity contribution in [3.05, 3.63) is 34.1 Å². The van der Waals surface area contributed by atoms with Crippen LogP contribution in [0.5, 0.6) is 0 Å². The molecule has 0 fully saturated rings. The minimum atomic E-state index is -4.32. The van der Waals surface area contributed by atoms with Crippen LogP contribution in [0.2, 0.25) is 0 Å². The van der Waals surface area contributed by atoms with Gasteiger partial charge in [-0.25, -0.2) is 4.39 Å². The van der Waals surface area contributed by atoms with Gasteiger partial charge in [0.1, 0.15) is 5.82 Å². The van der Waals surface area contributed by atoms with Crippen LogP contribution in [0.25, 0.3) is 0 Å². The molecule has 0 saturated carbocycles. The third-order valence-corrected chi connectivity index (χ3v) is 2.87. The summed E-state index contributed by atoms with van der Waals surface area (Å²) >= 11 is 8.53. The second-order valence-electron chi connectivity index (χ2n) is 3.75. The van der Waals surface area contributed by atoms with E-state index in [2.05, 4.69) is 15.9 Å². The van der Waals surface area contributed by atoms with Crippen LogP contribution in [-0.2, 0) is 6.54 Å². The molecule has 0 aliphatic rings. The van der Waals surface area contributed by atoms with E-state index >= 15 is 0 Å². The Bertz CT molecular complexity index is 397. The summed E-state index contributed by atoms with van der Waals surface area (Å²) in [6, 6.07) is 4.27. The Morgan fingerprint density at radius 3 is 2.44 bits per heavy atom. The molecule has 7 heteroatoms. The van der Waals surface area contributed by atoms with E-state index in [1.807, 2.05) is 0 Å². The Morgan fingerprint density at radius 2 is 1.94 bits per heavy atom. The Hall–Kier alpha value is -0.330. The van der Waals surface area contributed by atoms with Crippen LogP contribution < -0.4 is 0 Å². The van der Waals surface area contributed by atoms with E-state index in [0.29, 0.717) is 4.47 Å². The smallest absolute Gasteiger partial charge is 0.289 e. The third-order valence-electron chi connectivity index (χ3n) is 2.21. The van der Waals surface area contributed by atoms with Gasteiger partial charge >= 0.3 is 6.18 Å². The highest BCUT2D eigenvalue weighted by Crippen LogP contribution is 2.20. The number of nitrogens with zero attached hydrogens (tertiary/aromatic N) is 1. The van der Waals surface area contributed by atoms with Gasteiger partial charge in [0.25, 0.3) is 0 Å². The van der Waals surface area contributed by atoms with Crippen LogP contribution in [0.4, 0.5) is 17.6 Å². The lowest BCUT2D eigenvalue weighted by molar-refractivity contribution is -0.146. The first-order valence-electron chi connectivity index (χ1n) is 5.11. The summed E-state index contributed by atoms with van der Waals surface area (Å²) in [5, 5.41) is 0. The summed E-state index contributed by atoms with van der Waals surface area (Å²) in [5.41, 5.74) is 0.215. The molecule has 1 rings (SSSR count). The van der Waals surface area contributed by atoms with Crippen LogP contribution in [0, 0.1) is 5.82 Å². The number of hydrogen-bond donors (Lipinski definition) is 0. The molecule has 0 atom stereocenters. The van der Waals surface area contributed by atoms with Gasteiger partial charge in [-0.2, -0.15) is 13.2 Å². The standard InChI is InChI=1S/C11H11BrClF4N/c12-9-2-1-8(10(14)5-9)6-18(4-3-13)7-11(15,16)17/h1-2,5H,3-4,6-7H2. The summed E-state index contributed by atoms with van der Waals surface area (Å²) in [6.07, 6.45) is -4.32. The Morgan fingerprint density at radius 1 is 1.28 bits per heavy atom. The molecule has 0 heterocycles. The molecule has 1 aromatic rings. The van der Waals surface area contributed by atoms with Crippen LogP contribution in [0.1, 0.15) is 5.56 Å². The lowest BCUT2D eigenvalue weighted by atomic mass is 10.2. The Labute approximate surface area is 116 Å². The Kier molecular flexibility index (Phi) is 5.88. The monoisotopic (exact) mass is 347 g/mol. The lowest BCUT2D eigenvalue weighted by Crippen LogP contribution is -2.35. The zero-order valence-corrected chi connectivity index (χ0v) is 11.6. The molecule has 0 amide bonds. The van der Waals surface area contributed by atoms with Crippen molar-refractivity contribution in [3.8, 4) is 0 Å². The first kappa shape index (κ1) is 15.7. The highest BCUT2D eigenvalue weighted by Gasteiger charge is 2.30. The minimum Gasteiger partial charge on any atom is -0.289 e. The molecule has 0 bridgehead atoms. The van der Waals surface area contributed by atoms with Gasteiger partial charge in [0.2, 0.25) is 0 Å². The van der Waals surface area contributed by atoms with Gasteiger partial charge in [-0.05, 0) is 12.1 Å². The van der Waals surface area contributed by atoms with Crippen molar-refractivity contribution in [1.29, 1.82) is 0 Å². The molecule has 102 valence electrons. The summed E-state index contributed by atoms with van der Waals surface area (Å²) in [6.45, 7) is -1.17. The predicted molar refractivity (Wildman–Crippen MR) is 66.2 cm³/mol. The normalized spacial score (nSPS) is 12.2. The largest absolute Gasteiger partial charge is 0.401 e. The molecule has 0 spiro atoms. The first-order valence-corrected chi connectivity index (χ1v) is 6.43. The van der Waals surface area contributed by atoms with Crippen molar-refractivity contribution in [2.24, 2.45) is 0 Å². The van der Waals surface area contributed by atoms with Crippen molar-refractivity contribution in [2.75, 3.05) is 19.0 Å². The summed E-state index contributed by atoms with van der Waals surface area (Å²) < 4.78 is 51.0. The second kappa shape index (κ2) is 6.73. The summed E-state index contributed by atoms with van der Waals surface area (Å²) in [5.74, 6) is -0.472. The van der Waals surface area contributed by atoms with Gasteiger partial charge in [0, 0.05) is 29.0 Å². The first-order chi connectivity index (χ1) is 8.31. The molecular weight excluding hydrogens is 337 g/mol. The second-order valence-corrected chi connectivity index (χ2v) is 5.04. The van der Waals surface area contributed by atoms with Gasteiger partial charge in [0.05, 0.1) is 6.54 Å². The molecule has 0 unspecified atom stereocenters. The number of benzene rings is 1. The molecule has 0 saturated heterocycles. The van der Waals surface area contributed by atoms with E-state index < -0.39 is 18.5 Å². The fraction of sp³-hybridized carbons (Fsp3) is 0.455.